The molecule has 2 aromatic rings. The molecular formula is C20H25N. The van der Waals surface area contributed by atoms with Crippen molar-refractivity contribution < 1.29 is 0 Å². The Labute approximate surface area is 128 Å². The second-order valence-corrected chi connectivity index (χ2v) is 6.47. The summed E-state index contributed by atoms with van der Waals surface area (Å²) in [5.41, 5.74) is 3.46. The monoisotopic (exact) mass is 279 g/mol. The second-order valence-electron chi connectivity index (χ2n) is 6.47. The van der Waals surface area contributed by atoms with E-state index in [1.807, 2.05) is 0 Å². The topological polar surface area (TPSA) is 3.24 Å². The Morgan fingerprint density at radius 3 is 2.00 bits per heavy atom. The quantitative estimate of drug-likeness (QED) is 0.751. The molecule has 1 heteroatoms. The predicted octanol–water partition coefficient (Wildman–Crippen LogP) is 4.53. The van der Waals surface area contributed by atoms with Gasteiger partial charge in [-0.1, -0.05) is 67.6 Å². The summed E-state index contributed by atoms with van der Waals surface area (Å²) >= 11 is 0. The largest absolute Gasteiger partial charge is 0.298 e. The summed E-state index contributed by atoms with van der Waals surface area (Å²) in [6, 6.07) is 21.7. The minimum absolute atomic E-state index is 0.546. The summed E-state index contributed by atoms with van der Waals surface area (Å²) in [7, 11) is 0. The maximum Gasteiger partial charge on any atom is 0.0234 e. The Balaban J connectivity index is 1.51. The van der Waals surface area contributed by atoms with Crippen LogP contribution in [0.4, 0.5) is 0 Å². The van der Waals surface area contributed by atoms with Crippen molar-refractivity contribution in [3.63, 3.8) is 0 Å². The third kappa shape index (κ3) is 3.54. The van der Waals surface area contributed by atoms with Gasteiger partial charge < -0.3 is 0 Å². The summed E-state index contributed by atoms with van der Waals surface area (Å²) in [4.78, 5) is 2.59. The summed E-state index contributed by atoms with van der Waals surface area (Å²) in [6.07, 6.45) is 3.83. The van der Waals surface area contributed by atoms with Gasteiger partial charge in [-0.05, 0) is 35.8 Å². The van der Waals surface area contributed by atoms with Crippen LogP contribution in [0, 0.1) is 5.41 Å². The van der Waals surface area contributed by atoms with Gasteiger partial charge in [0.15, 0.2) is 0 Å². The van der Waals surface area contributed by atoms with E-state index in [4.69, 9.17) is 0 Å². The zero-order valence-electron chi connectivity index (χ0n) is 13.0. The zero-order valence-corrected chi connectivity index (χ0v) is 13.0. The van der Waals surface area contributed by atoms with E-state index < -0.39 is 0 Å². The molecule has 21 heavy (non-hydrogen) atoms. The lowest BCUT2D eigenvalue weighted by Crippen LogP contribution is -2.55. The van der Waals surface area contributed by atoms with Gasteiger partial charge in [0.05, 0.1) is 0 Å². The van der Waals surface area contributed by atoms with E-state index in [1.54, 1.807) is 0 Å². The Morgan fingerprint density at radius 1 is 0.857 bits per heavy atom. The van der Waals surface area contributed by atoms with E-state index in [0.29, 0.717) is 5.41 Å². The highest BCUT2D eigenvalue weighted by Crippen LogP contribution is 2.39. The summed E-state index contributed by atoms with van der Waals surface area (Å²) in [6.45, 7) is 5.97. The number of likely N-dealkylation sites (tertiary alicyclic amines) is 1. The highest BCUT2D eigenvalue weighted by atomic mass is 15.2. The molecule has 0 saturated carbocycles. The molecule has 0 unspecified atom stereocenters. The number of hydrogen-bond donors (Lipinski definition) is 0. The van der Waals surface area contributed by atoms with Gasteiger partial charge in [0.25, 0.3) is 0 Å². The molecule has 1 saturated heterocycles. The van der Waals surface area contributed by atoms with Gasteiger partial charge in [-0.15, -0.1) is 0 Å². The van der Waals surface area contributed by atoms with Crippen LogP contribution in [-0.2, 0) is 13.0 Å². The molecule has 110 valence electrons. The molecular weight excluding hydrogens is 254 g/mol. The van der Waals surface area contributed by atoms with Crippen molar-refractivity contribution in [3.8, 4) is 0 Å². The minimum Gasteiger partial charge on any atom is -0.298 e. The summed E-state index contributed by atoms with van der Waals surface area (Å²) < 4.78 is 0. The molecule has 1 nitrogen and oxygen atoms in total. The molecule has 0 radical (unpaired) electrons. The van der Waals surface area contributed by atoms with Crippen LogP contribution in [0.2, 0.25) is 0 Å². The number of aryl methyl sites for hydroxylation is 1. The van der Waals surface area contributed by atoms with E-state index in [1.165, 1.54) is 43.5 Å². The van der Waals surface area contributed by atoms with E-state index >= 15 is 0 Å². The van der Waals surface area contributed by atoms with Crippen LogP contribution >= 0.6 is 0 Å². The van der Waals surface area contributed by atoms with E-state index in [0.717, 1.165) is 6.54 Å². The number of rotatable bonds is 6. The molecule has 0 spiro atoms. The van der Waals surface area contributed by atoms with Crippen molar-refractivity contribution >= 4 is 0 Å². The normalized spacial score (nSPS) is 17.4. The number of nitrogens with zero attached hydrogens (tertiary/aromatic N) is 1. The van der Waals surface area contributed by atoms with Crippen molar-refractivity contribution in [2.75, 3.05) is 13.1 Å². The van der Waals surface area contributed by atoms with E-state index in [9.17, 15) is 0 Å². The predicted molar refractivity (Wildman–Crippen MR) is 89.2 cm³/mol. The molecule has 1 aliphatic rings. The maximum atomic E-state index is 2.59. The Morgan fingerprint density at radius 2 is 1.43 bits per heavy atom. The van der Waals surface area contributed by atoms with E-state index in [2.05, 4.69) is 72.5 Å². The first-order valence-corrected chi connectivity index (χ1v) is 8.10. The zero-order chi connectivity index (χ0) is 14.5. The van der Waals surface area contributed by atoms with Gasteiger partial charge in [-0.25, -0.2) is 0 Å². The fraction of sp³-hybridized carbons (Fsp3) is 0.400. The van der Waals surface area contributed by atoms with Crippen LogP contribution in [0.3, 0.4) is 0 Å². The molecule has 0 N–H and O–H groups in total. The fourth-order valence-corrected chi connectivity index (χ4v) is 3.47. The SMILES string of the molecule is CCC1(CCc2ccccc2)CN(Cc2ccccc2)C1. The lowest BCUT2D eigenvalue weighted by Gasteiger charge is -2.50. The molecule has 0 atom stereocenters. The van der Waals surface area contributed by atoms with Crippen molar-refractivity contribution in [1.82, 2.24) is 4.90 Å². The van der Waals surface area contributed by atoms with Gasteiger partial charge >= 0.3 is 0 Å². The lowest BCUT2D eigenvalue weighted by atomic mass is 9.73. The third-order valence-electron chi connectivity index (χ3n) is 4.90. The van der Waals surface area contributed by atoms with E-state index in [-0.39, 0.29) is 0 Å². The molecule has 3 rings (SSSR count). The van der Waals surface area contributed by atoms with Crippen LogP contribution in [0.15, 0.2) is 60.7 Å². The van der Waals surface area contributed by atoms with Crippen molar-refractivity contribution in [2.45, 2.75) is 32.7 Å². The molecule has 1 heterocycles. The van der Waals surface area contributed by atoms with Crippen molar-refractivity contribution in [1.29, 1.82) is 0 Å². The smallest absolute Gasteiger partial charge is 0.0234 e. The van der Waals surface area contributed by atoms with Crippen LogP contribution < -0.4 is 0 Å². The Bertz CT molecular complexity index is 541. The van der Waals surface area contributed by atoms with Crippen molar-refractivity contribution in [3.05, 3.63) is 71.8 Å². The molecule has 0 aliphatic carbocycles. The summed E-state index contributed by atoms with van der Waals surface area (Å²) in [5.74, 6) is 0. The standard InChI is InChI=1S/C20H25N/c1-2-20(14-13-18-9-5-3-6-10-18)16-21(17-20)15-19-11-7-4-8-12-19/h3-12H,2,13-17H2,1H3. The second kappa shape index (κ2) is 6.44. The first-order chi connectivity index (χ1) is 10.3. The molecule has 0 aromatic heterocycles. The highest BCUT2D eigenvalue weighted by Gasteiger charge is 2.40. The number of benzene rings is 2. The van der Waals surface area contributed by atoms with Crippen LogP contribution in [0.25, 0.3) is 0 Å². The molecule has 1 fully saturated rings. The van der Waals surface area contributed by atoms with Gasteiger partial charge in [0.1, 0.15) is 0 Å². The van der Waals surface area contributed by atoms with Gasteiger partial charge in [0, 0.05) is 19.6 Å². The van der Waals surface area contributed by atoms with Crippen LogP contribution in [-0.4, -0.2) is 18.0 Å². The number of hydrogen-bond acceptors (Lipinski definition) is 1. The average Bonchev–Trinajstić information content (AvgIpc) is 2.51. The fourth-order valence-electron chi connectivity index (χ4n) is 3.47. The Kier molecular flexibility index (Phi) is 4.40. The third-order valence-corrected chi connectivity index (χ3v) is 4.90. The summed E-state index contributed by atoms with van der Waals surface area (Å²) in [5, 5.41) is 0. The van der Waals surface area contributed by atoms with Crippen LogP contribution in [0.1, 0.15) is 30.9 Å². The minimum atomic E-state index is 0.546. The molecule has 1 aliphatic heterocycles. The molecule has 0 bridgehead atoms. The van der Waals surface area contributed by atoms with Gasteiger partial charge in [-0.2, -0.15) is 0 Å². The van der Waals surface area contributed by atoms with Gasteiger partial charge in [-0.3, -0.25) is 4.90 Å². The van der Waals surface area contributed by atoms with Crippen LogP contribution in [0.5, 0.6) is 0 Å². The van der Waals surface area contributed by atoms with Gasteiger partial charge in [0.2, 0.25) is 0 Å². The lowest BCUT2D eigenvalue weighted by molar-refractivity contribution is -0.0154. The highest BCUT2D eigenvalue weighted by molar-refractivity contribution is 5.17. The first kappa shape index (κ1) is 14.3. The molecule has 2 aromatic carbocycles. The first-order valence-electron chi connectivity index (χ1n) is 8.10. The maximum absolute atomic E-state index is 2.59. The Hall–Kier alpha value is -1.60. The van der Waals surface area contributed by atoms with Crippen molar-refractivity contribution in [2.24, 2.45) is 5.41 Å². The average molecular weight is 279 g/mol. The molecule has 0 amide bonds.